The Balaban J connectivity index is 2.40. The van der Waals surface area contributed by atoms with Gasteiger partial charge in [-0.1, -0.05) is 5.16 Å². The molecule has 0 aliphatic heterocycles. The minimum Gasteiger partial charge on any atom is -0.345 e. The van der Waals surface area contributed by atoms with Crippen LogP contribution in [-0.4, -0.2) is 40.6 Å². The summed E-state index contributed by atoms with van der Waals surface area (Å²) in [5.74, 6) is 1.15. The van der Waals surface area contributed by atoms with Crippen LogP contribution in [-0.2, 0) is 11.3 Å². The van der Waals surface area contributed by atoms with E-state index in [1.165, 1.54) is 0 Å². The third kappa shape index (κ3) is 3.30. The molecule has 6 nitrogen and oxygen atoms in total. The Morgan fingerprint density at radius 2 is 2.31 bits per heavy atom. The fourth-order valence-electron chi connectivity index (χ4n) is 1.23. The van der Waals surface area contributed by atoms with Crippen molar-refractivity contribution in [2.75, 3.05) is 13.6 Å². The predicted octanol–water partition coefficient (Wildman–Crippen LogP) is 0.334. The summed E-state index contributed by atoms with van der Waals surface area (Å²) in [4.78, 5) is 17.4. The third-order valence-electron chi connectivity index (χ3n) is 2.36. The van der Waals surface area contributed by atoms with Gasteiger partial charge in [-0.2, -0.15) is 4.98 Å². The van der Waals surface area contributed by atoms with Gasteiger partial charge < -0.3 is 9.42 Å². The van der Waals surface area contributed by atoms with Crippen molar-refractivity contribution in [3.05, 3.63) is 11.7 Å². The molecule has 0 saturated heterocycles. The van der Waals surface area contributed by atoms with Crippen LogP contribution in [0.1, 0.15) is 25.6 Å². The SMILES string of the molecule is CCN(C)C(=O)C(C)NCc1noc(C)n1. The summed E-state index contributed by atoms with van der Waals surface area (Å²) in [5, 5.41) is 6.79. The second-order valence-electron chi connectivity index (χ2n) is 3.68. The van der Waals surface area contributed by atoms with Gasteiger partial charge in [0.15, 0.2) is 5.82 Å². The summed E-state index contributed by atoms with van der Waals surface area (Å²) in [6.07, 6.45) is 0. The van der Waals surface area contributed by atoms with E-state index in [1.807, 2.05) is 13.8 Å². The van der Waals surface area contributed by atoms with Crippen molar-refractivity contribution in [1.82, 2.24) is 20.4 Å². The molecule has 1 aromatic rings. The van der Waals surface area contributed by atoms with E-state index in [2.05, 4.69) is 15.5 Å². The molecule has 0 fully saturated rings. The van der Waals surface area contributed by atoms with E-state index in [-0.39, 0.29) is 11.9 Å². The molecule has 1 rings (SSSR count). The van der Waals surface area contributed by atoms with Gasteiger partial charge in [-0.3, -0.25) is 10.1 Å². The largest absolute Gasteiger partial charge is 0.345 e. The first-order valence-electron chi connectivity index (χ1n) is 5.32. The van der Waals surface area contributed by atoms with E-state index in [0.717, 1.165) is 0 Å². The molecule has 1 atom stereocenters. The summed E-state index contributed by atoms with van der Waals surface area (Å²) < 4.78 is 4.83. The van der Waals surface area contributed by atoms with Crippen molar-refractivity contribution >= 4 is 5.91 Å². The summed E-state index contributed by atoms with van der Waals surface area (Å²) in [7, 11) is 1.78. The molecule has 0 bridgehead atoms. The minimum absolute atomic E-state index is 0.0581. The lowest BCUT2D eigenvalue weighted by Gasteiger charge is -2.19. The number of nitrogens with zero attached hydrogens (tertiary/aromatic N) is 3. The zero-order chi connectivity index (χ0) is 12.1. The topological polar surface area (TPSA) is 71.3 Å². The Hall–Kier alpha value is -1.43. The molecule has 1 amide bonds. The number of amides is 1. The van der Waals surface area contributed by atoms with Gasteiger partial charge in [0.2, 0.25) is 11.8 Å². The van der Waals surface area contributed by atoms with Gasteiger partial charge in [-0.25, -0.2) is 0 Å². The standard InChI is InChI=1S/C10H18N4O2/c1-5-14(4)10(15)7(2)11-6-9-12-8(3)16-13-9/h7,11H,5-6H2,1-4H3. The molecular formula is C10H18N4O2. The Kier molecular flexibility index (Phi) is 4.42. The fourth-order valence-corrected chi connectivity index (χ4v) is 1.23. The number of hydrogen-bond donors (Lipinski definition) is 1. The van der Waals surface area contributed by atoms with Crippen LogP contribution in [0.3, 0.4) is 0 Å². The first-order valence-corrected chi connectivity index (χ1v) is 5.32. The highest BCUT2D eigenvalue weighted by Crippen LogP contribution is 1.96. The van der Waals surface area contributed by atoms with Gasteiger partial charge in [0.1, 0.15) is 0 Å². The maximum Gasteiger partial charge on any atom is 0.239 e. The molecule has 0 aliphatic rings. The first-order chi connectivity index (χ1) is 7.54. The van der Waals surface area contributed by atoms with Crippen LogP contribution in [0.2, 0.25) is 0 Å². The number of aromatic nitrogens is 2. The number of carbonyl (C=O) groups is 1. The van der Waals surface area contributed by atoms with Crippen LogP contribution in [0.15, 0.2) is 4.52 Å². The number of carbonyl (C=O) groups excluding carboxylic acids is 1. The second-order valence-corrected chi connectivity index (χ2v) is 3.68. The Bertz CT molecular complexity index is 350. The van der Waals surface area contributed by atoms with E-state index < -0.39 is 0 Å². The van der Waals surface area contributed by atoms with Gasteiger partial charge in [0, 0.05) is 20.5 Å². The second kappa shape index (κ2) is 5.60. The quantitative estimate of drug-likeness (QED) is 0.783. The van der Waals surface area contributed by atoms with Crippen molar-refractivity contribution in [2.24, 2.45) is 0 Å². The van der Waals surface area contributed by atoms with Gasteiger partial charge >= 0.3 is 0 Å². The number of aryl methyl sites for hydroxylation is 1. The van der Waals surface area contributed by atoms with Gasteiger partial charge in [-0.05, 0) is 13.8 Å². The number of likely N-dealkylation sites (N-methyl/N-ethyl adjacent to an activating group) is 1. The predicted molar refractivity (Wildman–Crippen MR) is 58.6 cm³/mol. The van der Waals surface area contributed by atoms with Crippen molar-refractivity contribution in [3.63, 3.8) is 0 Å². The Labute approximate surface area is 95.0 Å². The summed E-state index contributed by atoms with van der Waals surface area (Å²) in [6.45, 7) is 6.62. The van der Waals surface area contributed by atoms with Crippen molar-refractivity contribution in [2.45, 2.75) is 33.4 Å². The molecule has 0 aliphatic carbocycles. The van der Waals surface area contributed by atoms with E-state index in [4.69, 9.17) is 4.52 Å². The van der Waals surface area contributed by atoms with Crippen LogP contribution in [0.4, 0.5) is 0 Å². The molecule has 90 valence electrons. The normalized spacial score (nSPS) is 12.5. The number of rotatable bonds is 5. The molecule has 1 heterocycles. The Morgan fingerprint density at radius 3 is 2.81 bits per heavy atom. The van der Waals surface area contributed by atoms with E-state index in [9.17, 15) is 4.79 Å². The van der Waals surface area contributed by atoms with Crippen molar-refractivity contribution < 1.29 is 9.32 Å². The highest BCUT2D eigenvalue weighted by Gasteiger charge is 2.16. The molecular weight excluding hydrogens is 208 g/mol. The molecule has 1 aromatic heterocycles. The molecule has 0 saturated carbocycles. The molecule has 1 N–H and O–H groups in total. The van der Waals surface area contributed by atoms with Crippen molar-refractivity contribution in [1.29, 1.82) is 0 Å². The van der Waals surface area contributed by atoms with Crippen LogP contribution in [0.25, 0.3) is 0 Å². The monoisotopic (exact) mass is 226 g/mol. The summed E-state index contributed by atoms with van der Waals surface area (Å²) in [5.41, 5.74) is 0. The molecule has 6 heteroatoms. The number of hydrogen-bond acceptors (Lipinski definition) is 5. The zero-order valence-electron chi connectivity index (χ0n) is 10.1. The maximum absolute atomic E-state index is 11.7. The third-order valence-corrected chi connectivity index (χ3v) is 2.36. The smallest absolute Gasteiger partial charge is 0.239 e. The zero-order valence-corrected chi connectivity index (χ0v) is 10.1. The highest BCUT2D eigenvalue weighted by molar-refractivity contribution is 5.81. The van der Waals surface area contributed by atoms with E-state index >= 15 is 0 Å². The van der Waals surface area contributed by atoms with Gasteiger partial charge in [-0.15, -0.1) is 0 Å². The van der Waals surface area contributed by atoms with E-state index in [1.54, 1.807) is 18.9 Å². The van der Waals surface area contributed by atoms with Crippen LogP contribution >= 0.6 is 0 Å². The highest BCUT2D eigenvalue weighted by atomic mass is 16.5. The van der Waals surface area contributed by atoms with E-state index in [0.29, 0.717) is 24.8 Å². The van der Waals surface area contributed by atoms with Crippen LogP contribution in [0, 0.1) is 6.92 Å². The van der Waals surface area contributed by atoms with Crippen LogP contribution in [0.5, 0.6) is 0 Å². The maximum atomic E-state index is 11.7. The summed E-state index contributed by atoms with van der Waals surface area (Å²) in [6, 6.07) is -0.247. The lowest BCUT2D eigenvalue weighted by Crippen LogP contribution is -2.42. The summed E-state index contributed by atoms with van der Waals surface area (Å²) >= 11 is 0. The first kappa shape index (κ1) is 12.6. The molecule has 0 spiro atoms. The molecule has 0 radical (unpaired) electrons. The van der Waals surface area contributed by atoms with Crippen LogP contribution < -0.4 is 5.32 Å². The van der Waals surface area contributed by atoms with Crippen molar-refractivity contribution in [3.8, 4) is 0 Å². The molecule has 1 unspecified atom stereocenters. The van der Waals surface area contributed by atoms with Gasteiger partial charge in [0.05, 0.1) is 12.6 Å². The fraction of sp³-hybridized carbons (Fsp3) is 0.700. The van der Waals surface area contributed by atoms with Gasteiger partial charge in [0.25, 0.3) is 0 Å². The lowest BCUT2D eigenvalue weighted by molar-refractivity contribution is -0.131. The average Bonchev–Trinajstić information content (AvgIpc) is 2.69. The molecule has 16 heavy (non-hydrogen) atoms. The number of nitrogens with one attached hydrogen (secondary N) is 1. The lowest BCUT2D eigenvalue weighted by atomic mass is 10.3. The average molecular weight is 226 g/mol. The Morgan fingerprint density at radius 1 is 1.62 bits per heavy atom. The molecule has 0 aromatic carbocycles. The minimum atomic E-state index is -0.247.